The molecule has 0 aliphatic heterocycles. The van der Waals surface area contributed by atoms with Gasteiger partial charge in [-0.1, -0.05) is 81.8 Å². The Balaban J connectivity index is 1.52. The molecule has 2 heteroatoms. The Morgan fingerprint density at radius 2 is 1.36 bits per heavy atom. The Hall–Kier alpha value is -3.13. The average molecular weight is 439 g/mol. The second-order valence-corrected chi connectivity index (χ2v) is 10.7. The molecule has 0 unspecified atom stereocenters. The number of fused-ring (bicyclic) bond motifs is 1. The van der Waals surface area contributed by atoms with Gasteiger partial charge in [0.05, 0.1) is 5.56 Å². The van der Waals surface area contributed by atoms with E-state index in [1.807, 2.05) is 43.3 Å². The Morgan fingerprint density at radius 3 is 2.00 bits per heavy atom. The number of carbonyl (C=O) groups is 1. The summed E-state index contributed by atoms with van der Waals surface area (Å²) in [5.74, 6) is 0.210. The molecule has 3 aromatic rings. The lowest BCUT2D eigenvalue weighted by Gasteiger charge is -2.42. The van der Waals surface area contributed by atoms with Crippen molar-refractivity contribution in [3.8, 4) is 5.75 Å². The first-order chi connectivity index (χ1) is 15.5. The maximum absolute atomic E-state index is 12.4. The van der Waals surface area contributed by atoms with E-state index in [0.717, 1.165) is 11.1 Å². The summed E-state index contributed by atoms with van der Waals surface area (Å²) in [6, 6.07) is 22.1. The first-order valence-electron chi connectivity index (χ1n) is 11.8. The molecule has 0 saturated carbocycles. The predicted molar refractivity (Wildman–Crippen MR) is 138 cm³/mol. The predicted octanol–water partition coefficient (Wildman–Crippen LogP) is 8.12. The Bertz CT molecular complexity index is 1190. The number of ether oxygens (including phenoxy) is 1. The van der Waals surface area contributed by atoms with Crippen molar-refractivity contribution in [2.24, 2.45) is 0 Å². The quantitative estimate of drug-likeness (QED) is 0.233. The molecular weight excluding hydrogens is 404 g/mol. The fourth-order valence-corrected chi connectivity index (χ4v) is 4.65. The zero-order chi connectivity index (χ0) is 23.8. The second-order valence-electron chi connectivity index (χ2n) is 10.7. The molecule has 0 saturated heterocycles. The lowest BCUT2D eigenvalue weighted by atomic mass is 9.63. The number of hydrogen-bond acceptors (Lipinski definition) is 2. The SMILES string of the molecule is CC(=Cc1ccc(OC(=O)c2ccc(C)cc2)cc1)c1ccc2c(c1)C(C)(C)CCC2(C)C. The summed E-state index contributed by atoms with van der Waals surface area (Å²) in [4.78, 5) is 12.4. The first-order valence-corrected chi connectivity index (χ1v) is 11.8. The van der Waals surface area contributed by atoms with Gasteiger partial charge < -0.3 is 4.74 Å². The Labute approximate surface area is 198 Å². The average Bonchev–Trinajstić information content (AvgIpc) is 2.78. The summed E-state index contributed by atoms with van der Waals surface area (Å²) in [5, 5.41) is 0. The lowest BCUT2D eigenvalue weighted by Crippen LogP contribution is -2.33. The number of allylic oxidation sites excluding steroid dienone is 1. The molecule has 33 heavy (non-hydrogen) atoms. The first kappa shape index (κ1) is 23.0. The van der Waals surface area contributed by atoms with Crippen molar-refractivity contribution in [1.29, 1.82) is 0 Å². The fraction of sp³-hybridized carbons (Fsp3) is 0.323. The molecule has 1 aliphatic carbocycles. The standard InChI is InChI=1S/C31H34O2/c1-21-7-11-24(12-8-21)29(32)33-26-14-9-23(10-15-26)19-22(2)25-13-16-27-28(20-25)31(5,6)18-17-30(27,3)4/h7-16,19-20H,17-18H2,1-6H3. The van der Waals surface area contributed by atoms with E-state index in [2.05, 4.69) is 58.9 Å². The van der Waals surface area contributed by atoms with Crippen LogP contribution in [0.5, 0.6) is 5.75 Å². The number of hydrogen-bond donors (Lipinski definition) is 0. The molecule has 1 aliphatic rings. The van der Waals surface area contributed by atoms with Gasteiger partial charge in [0.2, 0.25) is 0 Å². The number of benzene rings is 3. The van der Waals surface area contributed by atoms with E-state index in [-0.39, 0.29) is 16.8 Å². The van der Waals surface area contributed by atoms with Gasteiger partial charge in [-0.15, -0.1) is 0 Å². The van der Waals surface area contributed by atoms with Crippen molar-refractivity contribution in [2.45, 2.75) is 65.2 Å². The number of aryl methyl sites for hydroxylation is 1. The molecule has 3 aromatic carbocycles. The Morgan fingerprint density at radius 1 is 0.788 bits per heavy atom. The van der Waals surface area contributed by atoms with Crippen LogP contribution in [-0.2, 0) is 10.8 Å². The van der Waals surface area contributed by atoms with Crippen molar-refractivity contribution >= 4 is 17.6 Å². The van der Waals surface area contributed by atoms with Crippen molar-refractivity contribution in [3.63, 3.8) is 0 Å². The molecule has 4 rings (SSSR count). The highest BCUT2D eigenvalue weighted by atomic mass is 16.5. The fourth-order valence-electron chi connectivity index (χ4n) is 4.65. The van der Waals surface area contributed by atoms with E-state index in [1.165, 1.54) is 35.1 Å². The van der Waals surface area contributed by atoms with Crippen LogP contribution in [0.4, 0.5) is 0 Å². The minimum atomic E-state index is -0.339. The van der Waals surface area contributed by atoms with Crippen LogP contribution in [0.15, 0.2) is 66.7 Å². The van der Waals surface area contributed by atoms with Crippen LogP contribution < -0.4 is 4.74 Å². The third-order valence-electron chi connectivity index (χ3n) is 7.07. The minimum absolute atomic E-state index is 0.199. The van der Waals surface area contributed by atoms with E-state index in [4.69, 9.17) is 4.74 Å². The number of carbonyl (C=O) groups excluding carboxylic acids is 1. The second kappa shape index (κ2) is 8.67. The van der Waals surface area contributed by atoms with Gasteiger partial charge in [-0.2, -0.15) is 0 Å². The van der Waals surface area contributed by atoms with Crippen molar-refractivity contribution < 1.29 is 9.53 Å². The highest BCUT2D eigenvalue weighted by molar-refractivity contribution is 5.91. The highest BCUT2D eigenvalue weighted by Crippen LogP contribution is 2.46. The summed E-state index contributed by atoms with van der Waals surface area (Å²) in [6.07, 6.45) is 4.62. The molecule has 170 valence electrons. The largest absolute Gasteiger partial charge is 0.423 e. The molecular formula is C31H34O2. The molecule has 0 fully saturated rings. The molecule has 0 bridgehead atoms. The number of esters is 1. The maximum Gasteiger partial charge on any atom is 0.343 e. The smallest absolute Gasteiger partial charge is 0.343 e. The van der Waals surface area contributed by atoms with Crippen LogP contribution in [0, 0.1) is 6.92 Å². The monoisotopic (exact) mass is 438 g/mol. The topological polar surface area (TPSA) is 26.3 Å². The van der Waals surface area contributed by atoms with E-state index in [0.29, 0.717) is 11.3 Å². The van der Waals surface area contributed by atoms with Gasteiger partial charge >= 0.3 is 5.97 Å². The molecule has 0 atom stereocenters. The maximum atomic E-state index is 12.4. The summed E-state index contributed by atoms with van der Waals surface area (Å²) >= 11 is 0. The molecule has 2 nitrogen and oxygen atoms in total. The summed E-state index contributed by atoms with van der Waals surface area (Å²) < 4.78 is 5.53. The van der Waals surface area contributed by atoms with E-state index in [9.17, 15) is 4.79 Å². The van der Waals surface area contributed by atoms with Gasteiger partial charge in [-0.25, -0.2) is 4.79 Å². The zero-order valence-electron chi connectivity index (χ0n) is 20.7. The molecule has 0 heterocycles. The van der Waals surface area contributed by atoms with Crippen molar-refractivity contribution in [2.75, 3.05) is 0 Å². The van der Waals surface area contributed by atoms with Crippen molar-refractivity contribution in [3.05, 3.63) is 100 Å². The van der Waals surface area contributed by atoms with Gasteiger partial charge in [-0.3, -0.25) is 0 Å². The van der Waals surface area contributed by atoms with Gasteiger partial charge in [-0.05, 0) is 89.6 Å². The van der Waals surface area contributed by atoms with Crippen molar-refractivity contribution in [1.82, 2.24) is 0 Å². The molecule has 0 N–H and O–H groups in total. The zero-order valence-corrected chi connectivity index (χ0v) is 20.7. The molecule has 0 spiro atoms. The van der Waals surface area contributed by atoms with E-state index < -0.39 is 0 Å². The molecule has 0 aromatic heterocycles. The molecule has 0 amide bonds. The van der Waals surface area contributed by atoms with Gasteiger partial charge in [0.25, 0.3) is 0 Å². The minimum Gasteiger partial charge on any atom is -0.423 e. The summed E-state index contributed by atoms with van der Waals surface area (Å²) in [5.41, 5.74) is 8.62. The van der Waals surface area contributed by atoms with Crippen LogP contribution in [0.3, 0.4) is 0 Å². The van der Waals surface area contributed by atoms with Crippen LogP contribution in [-0.4, -0.2) is 5.97 Å². The lowest BCUT2D eigenvalue weighted by molar-refractivity contribution is 0.0734. The van der Waals surface area contributed by atoms with Crippen LogP contribution in [0.2, 0.25) is 0 Å². The highest BCUT2D eigenvalue weighted by Gasteiger charge is 2.36. The van der Waals surface area contributed by atoms with Crippen LogP contribution >= 0.6 is 0 Å². The normalized spacial score (nSPS) is 16.7. The third kappa shape index (κ3) is 4.95. The molecule has 0 radical (unpaired) electrons. The van der Waals surface area contributed by atoms with E-state index in [1.54, 1.807) is 12.1 Å². The van der Waals surface area contributed by atoms with Gasteiger partial charge in [0, 0.05) is 0 Å². The van der Waals surface area contributed by atoms with E-state index >= 15 is 0 Å². The third-order valence-corrected chi connectivity index (χ3v) is 7.07. The number of rotatable bonds is 4. The Kier molecular flexibility index (Phi) is 6.05. The van der Waals surface area contributed by atoms with Crippen LogP contribution in [0.25, 0.3) is 11.6 Å². The van der Waals surface area contributed by atoms with Gasteiger partial charge in [0.15, 0.2) is 0 Å². The summed E-state index contributed by atoms with van der Waals surface area (Å²) in [7, 11) is 0. The summed E-state index contributed by atoms with van der Waals surface area (Å²) in [6.45, 7) is 13.6. The van der Waals surface area contributed by atoms with Crippen LogP contribution in [0.1, 0.15) is 85.6 Å². The van der Waals surface area contributed by atoms with Gasteiger partial charge in [0.1, 0.15) is 5.75 Å².